The second kappa shape index (κ2) is 5.80. The molecule has 2 aromatic heterocycles. The Kier molecular flexibility index (Phi) is 4.10. The lowest BCUT2D eigenvalue weighted by Gasteiger charge is -2.29. The smallest absolute Gasteiger partial charge is 0.337 e. The fraction of sp³-hybridized carbons (Fsp3) is 0.500. The molecule has 0 saturated heterocycles. The van der Waals surface area contributed by atoms with Crippen LogP contribution in [0.15, 0.2) is 16.7 Å². The second-order valence-corrected chi connectivity index (χ2v) is 8.45. The summed E-state index contributed by atoms with van der Waals surface area (Å²) in [6.45, 7) is 5.10. The fourth-order valence-corrected chi connectivity index (χ4v) is 4.64. The van der Waals surface area contributed by atoms with Crippen molar-refractivity contribution in [3.05, 3.63) is 34.1 Å². The highest BCUT2D eigenvalue weighted by Crippen LogP contribution is 2.46. The summed E-state index contributed by atoms with van der Waals surface area (Å²) < 4.78 is 5.61. The van der Waals surface area contributed by atoms with Crippen LogP contribution < -0.4 is 0 Å². The van der Waals surface area contributed by atoms with Crippen molar-refractivity contribution < 1.29 is 14.3 Å². The average Bonchev–Trinajstić information content (AvgIpc) is 3.00. The maximum absolute atomic E-state index is 12.0. The van der Waals surface area contributed by atoms with Gasteiger partial charge in [0.15, 0.2) is 0 Å². The monoisotopic (exact) mass is 333 g/mol. The molecular weight excluding hydrogens is 310 g/mol. The zero-order valence-electron chi connectivity index (χ0n) is 14.1. The van der Waals surface area contributed by atoms with Crippen LogP contribution in [0.4, 0.5) is 0 Å². The molecule has 3 rings (SSSR count). The van der Waals surface area contributed by atoms with Gasteiger partial charge in [0, 0.05) is 10.4 Å². The molecule has 0 aromatic carbocycles. The molecule has 0 radical (unpaired) electrons. The van der Waals surface area contributed by atoms with Gasteiger partial charge in [-0.3, -0.25) is 0 Å². The van der Waals surface area contributed by atoms with Gasteiger partial charge in [-0.1, -0.05) is 13.8 Å². The van der Waals surface area contributed by atoms with Crippen molar-refractivity contribution in [2.45, 2.75) is 39.7 Å². The predicted molar refractivity (Wildman–Crippen MR) is 92.2 cm³/mol. The van der Waals surface area contributed by atoms with Gasteiger partial charge in [0.25, 0.3) is 0 Å². The van der Waals surface area contributed by atoms with Gasteiger partial charge in [-0.25, -0.2) is 4.79 Å². The lowest BCUT2D eigenvalue weighted by molar-refractivity contribution is 0.0696. The molecule has 0 spiro atoms. The number of rotatable bonds is 4. The molecule has 0 bridgehead atoms. The molecule has 124 valence electrons. The minimum absolute atomic E-state index is 0.165. The molecule has 1 N–H and O–H groups in total. The van der Waals surface area contributed by atoms with Crippen molar-refractivity contribution in [1.29, 1.82) is 0 Å². The summed E-state index contributed by atoms with van der Waals surface area (Å²) in [5, 5.41) is 9.82. The van der Waals surface area contributed by atoms with E-state index in [1.807, 2.05) is 25.1 Å². The Morgan fingerprint density at radius 3 is 2.83 bits per heavy atom. The number of thiophene rings is 1. The minimum atomic E-state index is -0.827. The number of hydrogen-bond donors (Lipinski definition) is 1. The van der Waals surface area contributed by atoms with E-state index in [-0.39, 0.29) is 5.41 Å². The van der Waals surface area contributed by atoms with Crippen LogP contribution in [-0.4, -0.2) is 30.1 Å². The molecule has 0 saturated carbocycles. The van der Waals surface area contributed by atoms with E-state index in [1.54, 1.807) is 17.6 Å². The number of fused-ring (bicyclic) bond motifs is 1. The molecule has 23 heavy (non-hydrogen) atoms. The van der Waals surface area contributed by atoms with Crippen LogP contribution in [0.2, 0.25) is 0 Å². The highest BCUT2D eigenvalue weighted by atomic mass is 32.1. The van der Waals surface area contributed by atoms with Gasteiger partial charge in [0.1, 0.15) is 5.76 Å². The maximum atomic E-state index is 12.0. The summed E-state index contributed by atoms with van der Waals surface area (Å²) >= 11 is 1.63. The van der Waals surface area contributed by atoms with Crippen molar-refractivity contribution in [2.75, 3.05) is 14.1 Å². The third kappa shape index (κ3) is 3.08. The Morgan fingerprint density at radius 1 is 1.43 bits per heavy atom. The number of carboxylic acids is 1. The Hall–Kier alpha value is -1.59. The minimum Gasteiger partial charge on any atom is -0.478 e. The van der Waals surface area contributed by atoms with Crippen molar-refractivity contribution in [2.24, 2.45) is 5.41 Å². The summed E-state index contributed by atoms with van der Waals surface area (Å²) in [6.07, 6.45) is 4.56. The Balaban J connectivity index is 2.13. The molecule has 0 unspecified atom stereocenters. The molecule has 2 aromatic rings. The number of carbonyl (C=O) groups is 1. The van der Waals surface area contributed by atoms with Gasteiger partial charge in [-0.2, -0.15) is 0 Å². The van der Waals surface area contributed by atoms with Crippen LogP contribution in [0.3, 0.4) is 0 Å². The Labute approximate surface area is 140 Å². The van der Waals surface area contributed by atoms with Crippen LogP contribution in [0.5, 0.6) is 0 Å². The highest BCUT2D eigenvalue weighted by Gasteiger charge is 2.33. The molecule has 0 amide bonds. The summed E-state index contributed by atoms with van der Waals surface area (Å²) in [6, 6.07) is 1.90. The fourth-order valence-electron chi connectivity index (χ4n) is 3.29. The van der Waals surface area contributed by atoms with Crippen molar-refractivity contribution >= 4 is 17.3 Å². The molecule has 1 aliphatic rings. The van der Waals surface area contributed by atoms with E-state index in [0.717, 1.165) is 41.0 Å². The quantitative estimate of drug-likeness (QED) is 0.907. The molecule has 4 nitrogen and oxygen atoms in total. The number of aryl methyl sites for hydroxylation is 1. The zero-order chi connectivity index (χ0) is 16.8. The van der Waals surface area contributed by atoms with Gasteiger partial charge < -0.3 is 14.4 Å². The van der Waals surface area contributed by atoms with E-state index in [0.29, 0.717) is 12.1 Å². The number of aromatic carboxylic acids is 1. The number of hydrogen-bond acceptors (Lipinski definition) is 4. The van der Waals surface area contributed by atoms with E-state index in [9.17, 15) is 9.90 Å². The standard InChI is InChI=1S/C18H23NO3S/c1-18(2)7-5-14-12(9-18)15(17(20)21)16(23-14)11-6-8-22-13(11)10-19(3)4/h6,8H,5,7,9-10H2,1-4H3,(H,20,21). The van der Waals surface area contributed by atoms with E-state index in [1.165, 1.54) is 4.88 Å². The Morgan fingerprint density at radius 2 is 2.17 bits per heavy atom. The summed E-state index contributed by atoms with van der Waals surface area (Å²) in [4.78, 5) is 16.1. The van der Waals surface area contributed by atoms with Crippen molar-refractivity contribution in [3.8, 4) is 10.4 Å². The zero-order valence-corrected chi connectivity index (χ0v) is 14.9. The highest BCUT2D eigenvalue weighted by molar-refractivity contribution is 7.16. The second-order valence-electron chi connectivity index (χ2n) is 7.35. The average molecular weight is 333 g/mol. The molecule has 5 heteroatoms. The number of nitrogens with zero attached hydrogens (tertiary/aromatic N) is 1. The first-order valence-corrected chi connectivity index (χ1v) is 8.69. The maximum Gasteiger partial charge on any atom is 0.337 e. The first-order chi connectivity index (χ1) is 10.8. The van der Waals surface area contributed by atoms with Crippen LogP contribution in [0, 0.1) is 5.41 Å². The first-order valence-electron chi connectivity index (χ1n) is 7.88. The number of furan rings is 1. The molecule has 0 aliphatic heterocycles. The third-order valence-corrected chi connectivity index (χ3v) is 5.76. The van der Waals surface area contributed by atoms with Crippen LogP contribution in [0.25, 0.3) is 10.4 Å². The predicted octanol–water partition coefficient (Wildman–Crippen LogP) is 4.28. The molecule has 0 fully saturated rings. The normalized spacial score (nSPS) is 16.6. The summed E-state index contributed by atoms with van der Waals surface area (Å²) in [5.74, 6) is 0.00237. The topological polar surface area (TPSA) is 53.7 Å². The summed E-state index contributed by atoms with van der Waals surface area (Å²) in [7, 11) is 3.96. The van der Waals surface area contributed by atoms with Gasteiger partial charge in [-0.15, -0.1) is 11.3 Å². The van der Waals surface area contributed by atoms with E-state index in [2.05, 4.69) is 13.8 Å². The number of carboxylic acid groups (broad SMARTS) is 1. The van der Waals surface area contributed by atoms with Crippen LogP contribution in [0.1, 0.15) is 46.8 Å². The van der Waals surface area contributed by atoms with Crippen molar-refractivity contribution in [3.63, 3.8) is 0 Å². The lowest BCUT2D eigenvalue weighted by Crippen LogP contribution is -2.22. The third-order valence-electron chi connectivity index (χ3n) is 4.44. The van der Waals surface area contributed by atoms with E-state index < -0.39 is 5.97 Å². The molecule has 1 aliphatic carbocycles. The lowest BCUT2D eigenvalue weighted by atomic mass is 9.76. The Bertz CT molecular complexity index is 740. The van der Waals surface area contributed by atoms with Gasteiger partial charge in [0.2, 0.25) is 0 Å². The van der Waals surface area contributed by atoms with Gasteiger partial charge >= 0.3 is 5.97 Å². The van der Waals surface area contributed by atoms with Gasteiger partial charge in [-0.05, 0) is 50.4 Å². The summed E-state index contributed by atoms with van der Waals surface area (Å²) in [5.41, 5.74) is 2.61. The van der Waals surface area contributed by atoms with Gasteiger partial charge in [0.05, 0.1) is 23.2 Å². The van der Waals surface area contributed by atoms with Crippen molar-refractivity contribution in [1.82, 2.24) is 4.90 Å². The van der Waals surface area contributed by atoms with Crippen LogP contribution in [-0.2, 0) is 19.4 Å². The SMILES string of the molecule is CN(C)Cc1occc1-c1sc2c(c1C(=O)O)CC(C)(C)CC2. The van der Waals surface area contributed by atoms with E-state index in [4.69, 9.17) is 4.42 Å². The molecule has 2 heterocycles. The molecular formula is C18H23NO3S. The first kappa shape index (κ1) is 16.3. The van der Waals surface area contributed by atoms with E-state index >= 15 is 0 Å². The van der Waals surface area contributed by atoms with Crippen LogP contribution >= 0.6 is 11.3 Å². The molecule has 0 atom stereocenters. The largest absolute Gasteiger partial charge is 0.478 e.